The molecule has 0 aromatic carbocycles. The number of nitrogens with one attached hydrogen (secondary N) is 1. The summed E-state index contributed by atoms with van der Waals surface area (Å²) in [4.78, 5) is 24.0. The maximum atomic E-state index is 12.1. The Kier molecular flexibility index (Phi) is 3.39. The zero-order valence-electron chi connectivity index (χ0n) is 10.7. The van der Waals surface area contributed by atoms with Gasteiger partial charge in [0, 0.05) is 11.9 Å². The van der Waals surface area contributed by atoms with E-state index in [2.05, 4.69) is 10.4 Å². The van der Waals surface area contributed by atoms with Gasteiger partial charge in [0.25, 0.3) is 5.91 Å². The third kappa shape index (κ3) is 2.65. The summed E-state index contributed by atoms with van der Waals surface area (Å²) in [5.74, 6) is -1.42. The van der Waals surface area contributed by atoms with Gasteiger partial charge in [-0.15, -0.1) is 11.3 Å². The van der Waals surface area contributed by atoms with Crippen molar-refractivity contribution in [2.24, 2.45) is 7.05 Å². The quantitative estimate of drug-likeness (QED) is 0.900. The summed E-state index contributed by atoms with van der Waals surface area (Å²) in [7, 11) is 1.67. The number of carboxylic acid groups (broad SMARTS) is 1. The number of rotatable bonds is 3. The minimum absolute atomic E-state index is 0.106. The monoisotopic (exact) mass is 279 g/mol. The van der Waals surface area contributed by atoms with Crippen LogP contribution in [0.5, 0.6) is 0 Å². The molecule has 0 aliphatic heterocycles. The minimum atomic E-state index is -1.05. The molecule has 1 amide bonds. The highest BCUT2D eigenvalue weighted by Gasteiger charge is 2.18. The number of aromatic carboxylic acids is 1. The van der Waals surface area contributed by atoms with Crippen molar-refractivity contribution in [1.82, 2.24) is 9.78 Å². The van der Waals surface area contributed by atoms with Crippen LogP contribution in [0.15, 0.2) is 12.1 Å². The van der Waals surface area contributed by atoms with E-state index in [0.717, 1.165) is 10.6 Å². The van der Waals surface area contributed by atoms with Crippen LogP contribution < -0.4 is 5.32 Å². The highest BCUT2D eigenvalue weighted by molar-refractivity contribution is 7.16. The van der Waals surface area contributed by atoms with Gasteiger partial charge in [-0.3, -0.25) is 9.48 Å². The maximum absolute atomic E-state index is 12.1. The molecular formula is C12H13N3O3S. The number of aryl methyl sites for hydroxylation is 3. The predicted octanol–water partition coefficient (Wildman–Crippen LogP) is 2.05. The summed E-state index contributed by atoms with van der Waals surface area (Å²) >= 11 is 1.24. The Labute approximate surface area is 113 Å². The van der Waals surface area contributed by atoms with Crippen LogP contribution in [0, 0.1) is 13.8 Å². The van der Waals surface area contributed by atoms with Crippen molar-refractivity contribution in [2.45, 2.75) is 13.8 Å². The lowest BCUT2D eigenvalue weighted by molar-refractivity contribution is 0.0698. The molecule has 0 radical (unpaired) electrons. The van der Waals surface area contributed by atoms with Crippen LogP contribution >= 0.6 is 11.3 Å². The fourth-order valence-corrected chi connectivity index (χ4v) is 2.65. The lowest BCUT2D eigenvalue weighted by Crippen LogP contribution is -2.16. The molecule has 0 aliphatic carbocycles. The molecule has 0 saturated heterocycles. The summed E-state index contributed by atoms with van der Waals surface area (Å²) in [5, 5.41) is 16.1. The Morgan fingerprint density at radius 1 is 1.37 bits per heavy atom. The largest absolute Gasteiger partial charge is 0.478 e. The Morgan fingerprint density at radius 2 is 2.05 bits per heavy atom. The Balaban J connectivity index is 2.29. The number of carbonyl (C=O) groups excluding carboxylic acids is 1. The summed E-state index contributed by atoms with van der Waals surface area (Å²) < 4.78 is 1.46. The average molecular weight is 279 g/mol. The van der Waals surface area contributed by atoms with Crippen LogP contribution in [-0.2, 0) is 7.05 Å². The minimum Gasteiger partial charge on any atom is -0.478 e. The standard InChI is InChI=1S/C12H13N3O3S/c1-6-4-9(15(3)14-6)10(16)13-11-8(12(17)18)5-7(2)19-11/h4-5H,1-3H3,(H,13,16)(H,17,18). The highest BCUT2D eigenvalue weighted by Crippen LogP contribution is 2.28. The number of thiophene rings is 1. The smallest absolute Gasteiger partial charge is 0.338 e. The molecular weight excluding hydrogens is 266 g/mol. The van der Waals surface area contributed by atoms with Crippen molar-refractivity contribution < 1.29 is 14.7 Å². The molecule has 0 fully saturated rings. The SMILES string of the molecule is Cc1cc(C(=O)Nc2sc(C)cc2C(=O)O)n(C)n1. The zero-order valence-corrected chi connectivity index (χ0v) is 11.5. The van der Waals surface area contributed by atoms with Crippen molar-refractivity contribution in [3.63, 3.8) is 0 Å². The van der Waals surface area contributed by atoms with Gasteiger partial charge in [-0.1, -0.05) is 0 Å². The number of hydrogen-bond acceptors (Lipinski definition) is 4. The van der Waals surface area contributed by atoms with Crippen LogP contribution in [0.25, 0.3) is 0 Å². The van der Waals surface area contributed by atoms with E-state index in [9.17, 15) is 9.59 Å². The maximum Gasteiger partial charge on any atom is 0.338 e. The normalized spacial score (nSPS) is 10.5. The van der Waals surface area contributed by atoms with Crippen molar-refractivity contribution in [1.29, 1.82) is 0 Å². The van der Waals surface area contributed by atoms with E-state index in [1.807, 2.05) is 0 Å². The fourth-order valence-electron chi connectivity index (χ4n) is 1.76. The summed E-state index contributed by atoms with van der Waals surface area (Å²) in [6, 6.07) is 3.19. The van der Waals surface area contributed by atoms with E-state index in [1.54, 1.807) is 27.0 Å². The van der Waals surface area contributed by atoms with Gasteiger partial charge in [-0.2, -0.15) is 5.10 Å². The van der Waals surface area contributed by atoms with E-state index in [-0.39, 0.29) is 11.5 Å². The average Bonchev–Trinajstić information content (AvgIpc) is 2.81. The van der Waals surface area contributed by atoms with Crippen molar-refractivity contribution >= 4 is 28.2 Å². The van der Waals surface area contributed by atoms with Gasteiger partial charge in [0.15, 0.2) is 0 Å². The molecule has 0 atom stereocenters. The molecule has 0 unspecified atom stereocenters. The van der Waals surface area contributed by atoms with Crippen molar-refractivity contribution in [3.05, 3.63) is 34.0 Å². The van der Waals surface area contributed by atoms with Gasteiger partial charge in [0.05, 0.1) is 11.3 Å². The topological polar surface area (TPSA) is 84.2 Å². The lowest BCUT2D eigenvalue weighted by Gasteiger charge is -2.04. The van der Waals surface area contributed by atoms with Gasteiger partial charge < -0.3 is 10.4 Å². The summed E-state index contributed by atoms with van der Waals surface area (Å²) in [6.45, 7) is 3.58. The molecule has 100 valence electrons. The molecule has 0 aliphatic rings. The first kappa shape index (κ1) is 13.3. The number of nitrogens with zero attached hydrogens (tertiary/aromatic N) is 2. The van der Waals surface area contributed by atoms with Gasteiger partial charge in [0.1, 0.15) is 10.7 Å². The van der Waals surface area contributed by atoms with Crippen LogP contribution in [-0.4, -0.2) is 26.8 Å². The second-order valence-corrected chi connectivity index (χ2v) is 5.41. The molecule has 2 rings (SSSR count). The van der Waals surface area contributed by atoms with E-state index in [1.165, 1.54) is 22.1 Å². The molecule has 2 aromatic heterocycles. The fraction of sp³-hybridized carbons (Fsp3) is 0.250. The van der Waals surface area contributed by atoms with Crippen molar-refractivity contribution in [2.75, 3.05) is 5.32 Å². The molecule has 2 aromatic rings. The number of aromatic nitrogens is 2. The molecule has 6 nitrogen and oxygen atoms in total. The first-order chi connectivity index (χ1) is 8.88. The number of carboxylic acids is 1. The molecule has 2 N–H and O–H groups in total. The van der Waals surface area contributed by atoms with Crippen LogP contribution in [0.4, 0.5) is 5.00 Å². The number of anilines is 1. The molecule has 7 heteroatoms. The molecule has 2 heterocycles. The van der Waals surface area contributed by atoms with E-state index < -0.39 is 5.97 Å². The van der Waals surface area contributed by atoms with E-state index in [4.69, 9.17) is 5.11 Å². The third-order valence-electron chi connectivity index (χ3n) is 2.55. The Hall–Kier alpha value is -2.15. The second-order valence-electron chi connectivity index (χ2n) is 4.15. The van der Waals surface area contributed by atoms with Gasteiger partial charge in [0.2, 0.25) is 0 Å². The van der Waals surface area contributed by atoms with E-state index >= 15 is 0 Å². The third-order valence-corrected chi connectivity index (χ3v) is 3.51. The summed E-state index contributed by atoms with van der Waals surface area (Å²) in [6.07, 6.45) is 0. The summed E-state index contributed by atoms with van der Waals surface area (Å²) in [5.41, 5.74) is 1.23. The molecule has 19 heavy (non-hydrogen) atoms. The van der Waals surface area contributed by atoms with Crippen molar-refractivity contribution in [3.8, 4) is 0 Å². The van der Waals surface area contributed by atoms with Gasteiger partial charge in [-0.25, -0.2) is 4.79 Å². The van der Waals surface area contributed by atoms with Gasteiger partial charge >= 0.3 is 5.97 Å². The first-order valence-corrected chi connectivity index (χ1v) is 6.36. The Morgan fingerprint density at radius 3 is 2.58 bits per heavy atom. The molecule has 0 bridgehead atoms. The predicted molar refractivity (Wildman–Crippen MR) is 71.9 cm³/mol. The Bertz CT molecular complexity index is 657. The van der Waals surface area contributed by atoms with Gasteiger partial charge in [-0.05, 0) is 26.0 Å². The highest BCUT2D eigenvalue weighted by atomic mass is 32.1. The second kappa shape index (κ2) is 4.85. The number of amides is 1. The molecule has 0 saturated carbocycles. The van der Waals surface area contributed by atoms with Crippen LogP contribution in [0.1, 0.15) is 31.4 Å². The number of carbonyl (C=O) groups is 2. The molecule has 0 spiro atoms. The van der Waals surface area contributed by atoms with Crippen LogP contribution in [0.3, 0.4) is 0 Å². The number of hydrogen-bond donors (Lipinski definition) is 2. The lowest BCUT2D eigenvalue weighted by atomic mass is 10.3. The zero-order chi connectivity index (χ0) is 14.2. The van der Waals surface area contributed by atoms with E-state index in [0.29, 0.717) is 10.7 Å². The van der Waals surface area contributed by atoms with Crippen LogP contribution in [0.2, 0.25) is 0 Å². The first-order valence-electron chi connectivity index (χ1n) is 5.54.